The van der Waals surface area contributed by atoms with Crippen LogP contribution in [-0.4, -0.2) is 53.8 Å². The summed E-state index contributed by atoms with van der Waals surface area (Å²) in [6, 6.07) is -0.176. The normalized spacial score (nSPS) is 32.2. The molecule has 2 fully saturated rings. The molecule has 1 heterocycles. The average Bonchev–Trinajstić information content (AvgIpc) is 2.64. The van der Waals surface area contributed by atoms with Crippen molar-refractivity contribution >= 4 is 15.2 Å². The molecule has 3 unspecified atom stereocenters. The lowest BCUT2D eigenvalue weighted by Gasteiger charge is -2.35. The summed E-state index contributed by atoms with van der Waals surface area (Å²) >= 11 is 0. The number of hydrogen-bond acceptors (Lipinski definition) is 4. The molecule has 124 valence electrons. The maximum atomic E-state index is 11.4. The molecule has 1 aliphatic carbocycles. The standard InChI is InChI=1S/C11H23NO7P2/c1-12-9(6-8-4-2-3-5-10(8)12)7-11(13,20(14,15)16)21(17,18)19/h8-10,13H,2-7H2,1H3,(H2,14,15,16)(H2,17,18,19). The third-order valence-electron chi connectivity index (χ3n) is 4.99. The van der Waals surface area contributed by atoms with Gasteiger partial charge in [-0.2, -0.15) is 0 Å². The molecule has 0 aromatic heterocycles. The van der Waals surface area contributed by atoms with E-state index in [1.165, 1.54) is 0 Å². The lowest BCUT2D eigenvalue weighted by Crippen LogP contribution is -2.40. The van der Waals surface area contributed by atoms with Crippen LogP contribution < -0.4 is 0 Å². The van der Waals surface area contributed by atoms with Gasteiger partial charge in [0.15, 0.2) is 0 Å². The van der Waals surface area contributed by atoms with Crippen molar-refractivity contribution in [2.24, 2.45) is 5.92 Å². The van der Waals surface area contributed by atoms with Crippen LogP contribution in [0, 0.1) is 5.92 Å². The van der Waals surface area contributed by atoms with Crippen LogP contribution in [0.25, 0.3) is 0 Å². The van der Waals surface area contributed by atoms with E-state index in [9.17, 15) is 33.8 Å². The Hall–Kier alpha value is 0.220. The smallest absolute Gasteiger partial charge is 0.367 e. The quantitative estimate of drug-likeness (QED) is 0.469. The molecule has 3 atom stereocenters. The summed E-state index contributed by atoms with van der Waals surface area (Å²) in [6.07, 6.45) is 4.15. The summed E-state index contributed by atoms with van der Waals surface area (Å²) in [7, 11) is -8.93. The highest BCUT2D eigenvalue weighted by molar-refractivity contribution is 7.72. The zero-order chi connectivity index (χ0) is 16.1. The number of hydrogen-bond donors (Lipinski definition) is 5. The number of nitrogens with zero attached hydrogens (tertiary/aromatic N) is 1. The van der Waals surface area contributed by atoms with E-state index in [2.05, 4.69) is 0 Å². The molecule has 0 amide bonds. The maximum Gasteiger partial charge on any atom is 0.369 e. The lowest BCUT2D eigenvalue weighted by atomic mass is 9.84. The van der Waals surface area contributed by atoms with Crippen molar-refractivity contribution < 1.29 is 33.8 Å². The van der Waals surface area contributed by atoms with Crippen molar-refractivity contribution in [2.75, 3.05) is 7.05 Å². The minimum absolute atomic E-state index is 0.265. The molecule has 0 bridgehead atoms. The molecule has 1 aliphatic heterocycles. The second kappa shape index (κ2) is 5.69. The van der Waals surface area contributed by atoms with Crippen molar-refractivity contribution in [2.45, 2.75) is 55.7 Å². The molecule has 21 heavy (non-hydrogen) atoms. The first-order chi connectivity index (χ1) is 9.47. The summed E-state index contributed by atoms with van der Waals surface area (Å²) < 4.78 is 22.9. The minimum atomic E-state index is -5.36. The molecule has 1 saturated heterocycles. The Morgan fingerprint density at radius 1 is 1.10 bits per heavy atom. The molecule has 10 heteroatoms. The van der Waals surface area contributed by atoms with Gasteiger partial charge in [0.2, 0.25) is 0 Å². The van der Waals surface area contributed by atoms with Gasteiger partial charge in [0.05, 0.1) is 0 Å². The van der Waals surface area contributed by atoms with Gasteiger partial charge in [0.1, 0.15) is 0 Å². The van der Waals surface area contributed by atoms with E-state index in [0.29, 0.717) is 12.3 Å². The van der Waals surface area contributed by atoms with E-state index in [-0.39, 0.29) is 6.04 Å². The fourth-order valence-electron chi connectivity index (χ4n) is 3.74. The van der Waals surface area contributed by atoms with Gasteiger partial charge in [-0.25, -0.2) is 0 Å². The molecule has 0 aromatic rings. The van der Waals surface area contributed by atoms with E-state index < -0.39 is 32.7 Å². The summed E-state index contributed by atoms with van der Waals surface area (Å²) in [6.45, 7) is 0. The van der Waals surface area contributed by atoms with Gasteiger partial charge in [-0.05, 0) is 32.2 Å². The summed E-state index contributed by atoms with van der Waals surface area (Å²) in [5.74, 6) is 0.367. The fourth-order valence-corrected chi connectivity index (χ4v) is 5.99. The second-order valence-electron chi connectivity index (χ2n) is 6.23. The Morgan fingerprint density at radius 3 is 2.10 bits per heavy atom. The molecule has 2 rings (SSSR count). The first-order valence-corrected chi connectivity index (χ1v) is 10.3. The number of rotatable bonds is 4. The third-order valence-corrected chi connectivity index (χ3v) is 8.78. The molecule has 1 saturated carbocycles. The van der Waals surface area contributed by atoms with Crippen LogP contribution in [0.4, 0.5) is 0 Å². The Balaban J connectivity index is 2.23. The number of aliphatic hydroxyl groups is 1. The van der Waals surface area contributed by atoms with Crippen LogP contribution >= 0.6 is 15.2 Å². The van der Waals surface area contributed by atoms with Gasteiger partial charge in [-0.3, -0.25) is 9.13 Å². The van der Waals surface area contributed by atoms with Gasteiger partial charge in [0, 0.05) is 18.5 Å². The summed E-state index contributed by atoms with van der Waals surface area (Å²) in [5, 5.41) is 6.74. The highest BCUT2D eigenvalue weighted by atomic mass is 31.2. The Bertz CT molecular complexity index is 465. The van der Waals surface area contributed by atoms with Crippen molar-refractivity contribution in [3.63, 3.8) is 0 Å². The largest absolute Gasteiger partial charge is 0.369 e. The van der Waals surface area contributed by atoms with Crippen LogP contribution in [0.1, 0.15) is 38.5 Å². The van der Waals surface area contributed by atoms with Crippen molar-refractivity contribution in [3.05, 3.63) is 0 Å². The molecule has 5 N–H and O–H groups in total. The molecule has 8 nitrogen and oxygen atoms in total. The van der Waals surface area contributed by atoms with Crippen molar-refractivity contribution in [3.8, 4) is 0 Å². The lowest BCUT2D eigenvalue weighted by molar-refractivity contribution is 0.0899. The highest BCUT2D eigenvalue weighted by Gasteiger charge is 2.61. The van der Waals surface area contributed by atoms with Gasteiger partial charge in [-0.1, -0.05) is 12.8 Å². The monoisotopic (exact) mass is 343 g/mol. The Kier molecular flexibility index (Phi) is 4.76. The predicted molar refractivity (Wildman–Crippen MR) is 75.6 cm³/mol. The topological polar surface area (TPSA) is 139 Å². The van der Waals surface area contributed by atoms with Crippen LogP contribution in [0.5, 0.6) is 0 Å². The van der Waals surface area contributed by atoms with Gasteiger partial charge in [-0.15, -0.1) is 0 Å². The fraction of sp³-hybridized carbons (Fsp3) is 1.00. The predicted octanol–water partition coefficient (Wildman–Crippen LogP) is 0.641. The van der Waals surface area contributed by atoms with Crippen LogP contribution in [0.15, 0.2) is 0 Å². The first kappa shape index (κ1) is 17.6. The number of fused-ring (bicyclic) bond motifs is 1. The third kappa shape index (κ3) is 3.14. The summed E-state index contributed by atoms with van der Waals surface area (Å²) in [5.41, 5.74) is 0. The van der Waals surface area contributed by atoms with Gasteiger partial charge < -0.3 is 29.6 Å². The minimum Gasteiger partial charge on any atom is -0.367 e. The van der Waals surface area contributed by atoms with E-state index in [4.69, 9.17) is 0 Å². The molecule has 0 aromatic carbocycles. The van der Waals surface area contributed by atoms with E-state index in [1.54, 1.807) is 7.05 Å². The SMILES string of the molecule is CN1C(CC(O)(P(=O)(O)O)P(=O)(O)O)CC2CCCCC21. The first-order valence-electron chi connectivity index (χ1n) is 7.03. The van der Waals surface area contributed by atoms with Crippen molar-refractivity contribution in [1.82, 2.24) is 4.90 Å². The second-order valence-corrected chi connectivity index (χ2v) is 10.2. The molecule has 0 spiro atoms. The van der Waals surface area contributed by atoms with E-state index in [0.717, 1.165) is 25.7 Å². The molecule has 2 aliphatic rings. The highest BCUT2D eigenvalue weighted by Crippen LogP contribution is 2.69. The van der Waals surface area contributed by atoms with Gasteiger partial charge >= 0.3 is 15.2 Å². The Labute approximate surface area is 123 Å². The van der Waals surface area contributed by atoms with Gasteiger partial charge in [0.25, 0.3) is 5.08 Å². The zero-order valence-electron chi connectivity index (χ0n) is 11.9. The molecular formula is C11H23NO7P2. The van der Waals surface area contributed by atoms with Crippen LogP contribution in [0.3, 0.4) is 0 Å². The molecular weight excluding hydrogens is 320 g/mol. The van der Waals surface area contributed by atoms with Crippen molar-refractivity contribution in [1.29, 1.82) is 0 Å². The van der Waals surface area contributed by atoms with Crippen LogP contribution in [0.2, 0.25) is 0 Å². The van der Waals surface area contributed by atoms with Crippen LogP contribution in [-0.2, 0) is 9.13 Å². The Morgan fingerprint density at radius 2 is 1.62 bits per heavy atom. The zero-order valence-corrected chi connectivity index (χ0v) is 13.7. The number of likely N-dealkylation sites (tertiary alicyclic amines) is 1. The summed E-state index contributed by atoms with van der Waals surface area (Å²) in [4.78, 5) is 38.8. The molecule has 0 radical (unpaired) electrons. The van der Waals surface area contributed by atoms with E-state index >= 15 is 0 Å². The average molecular weight is 343 g/mol. The maximum absolute atomic E-state index is 11.4. The van der Waals surface area contributed by atoms with E-state index in [1.807, 2.05) is 4.90 Å².